The van der Waals surface area contributed by atoms with Crippen LogP contribution in [0.2, 0.25) is 0 Å². The first kappa shape index (κ1) is 14.8. The molecule has 2 aromatic heterocycles. The molecule has 6 nitrogen and oxygen atoms in total. The number of benzene rings is 1. The Balaban J connectivity index is 2.08. The van der Waals surface area contributed by atoms with Gasteiger partial charge >= 0.3 is 5.97 Å². The number of hydrogen-bond acceptors (Lipinski definition) is 6. The topological polar surface area (TPSA) is 93.9 Å². The standard InChI is InChI=1S/C16H12N4O2S/c1-22-16(21)15-14(18)11(6-17)7-20(15)12-4-2-10(3-5-12)13-8-23-9-19-13/h2-5,7-9H,18H2,1H3. The summed E-state index contributed by atoms with van der Waals surface area (Å²) in [4.78, 5) is 16.2. The lowest BCUT2D eigenvalue weighted by molar-refractivity contribution is 0.0593. The fourth-order valence-corrected chi connectivity index (χ4v) is 2.83. The number of hydrogen-bond donors (Lipinski definition) is 1. The molecule has 0 amide bonds. The van der Waals surface area contributed by atoms with E-state index in [2.05, 4.69) is 4.98 Å². The van der Waals surface area contributed by atoms with Gasteiger partial charge in [-0.2, -0.15) is 5.26 Å². The van der Waals surface area contributed by atoms with Crippen molar-refractivity contribution in [1.82, 2.24) is 9.55 Å². The molecular weight excluding hydrogens is 312 g/mol. The highest BCUT2D eigenvalue weighted by Crippen LogP contribution is 2.26. The van der Waals surface area contributed by atoms with E-state index < -0.39 is 5.97 Å². The second kappa shape index (κ2) is 5.94. The van der Waals surface area contributed by atoms with E-state index in [1.54, 1.807) is 10.1 Å². The molecule has 0 saturated heterocycles. The summed E-state index contributed by atoms with van der Waals surface area (Å²) in [5.74, 6) is -0.590. The minimum absolute atomic E-state index is 0.114. The monoisotopic (exact) mass is 324 g/mol. The fraction of sp³-hybridized carbons (Fsp3) is 0.0625. The van der Waals surface area contributed by atoms with Crippen molar-refractivity contribution in [3.63, 3.8) is 0 Å². The highest BCUT2D eigenvalue weighted by molar-refractivity contribution is 7.07. The number of carbonyl (C=O) groups is 1. The van der Waals surface area contributed by atoms with Gasteiger partial charge in [-0.15, -0.1) is 11.3 Å². The van der Waals surface area contributed by atoms with Crippen LogP contribution in [0.4, 0.5) is 5.69 Å². The zero-order valence-corrected chi connectivity index (χ0v) is 13.0. The molecule has 0 spiro atoms. The smallest absolute Gasteiger partial charge is 0.357 e. The predicted octanol–water partition coefficient (Wildman–Crippen LogP) is 2.84. The van der Waals surface area contributed by atoms with Gasteiger partial charge in [-0.25, -0.2) is 9.78 Å². The number of aromatic nitrogens is 2. The molecule has 7 heteroatoms. The Morgan fingerprint density at radius 1 is 1.39 bits per heavy atom. The number of carbonyl (C=O) groups excluding carboxylic acids is 1. The number of thiazole rings is 1. The first-order valence-electron chi connectivity index (χ1n) is 6.64. The van der Waals surface area contributed by atoms with Crippen molar-refractivity contribution in [3.05, 3.63) is 52.6 Å². The molecule has 0 aliphatic heterocycles. The maximum absolute atomic E-state index is 12.0. The number of nitrogens with two attached hydrogens (primary N) is 1. The first-order chi connectivity index (χ1) is 11.2. The number of nitrogens with zero attached hydrogens (tertiary/aromatic N) is 3. The van der Waals surface area contributed by atoms with Crippen LogP contribution in [0.5, 0.6) is 0 Å². The molecule has 1 aromatic carbocycles. The number of ether oxygens (including phenoxy) is 1. The minimum Gasteiger partial charge on any atom is -0.464 e. The Hall–Kier alpha value is -3.11. The molecule has 2 heterocycles. The average Bonchev–Trinajstić information content (AvgIpc) is 3.22. The Kier molecular flexibility index (Phi) is 3.83. The molecule has 0 unspecified atom stereocenters. The van der Waals surface area contributed by atoms with E-state index in [1.807, 2.05) is 35.7 Å². The second-order valence-electron chi connectivity index (χ2n) is 4.70. The molecule has 3 aromatic rings. The summed E-state index contributed by atoms with van der Waals surface area (Å²) >= 11 is 1.52. The molecule has 3 rings (SSSR count). The van der Waals surface area contributed by atoms with E-state index in [4.69, 9.17) is 15.7 Å². The largest absolute Gasteiger partial charge is 0.464 e. The number of methoxy groups -OCH3 is 1. The quantitative estimate of drug-likeness (QED) is 0.748. The van der Waals surface area contributed by atoms with Crippen LogP contribution in [-0.4, -0.2) is 22.6 Å². The van der Waals surface area contributed by atoms with Gasteiger partial charge in [0.25, 0.3) is 0 Å². The van der Waals surface area contributed by atoms with Crippen molar-refractivity contribution in [3.8, 4) is 23.0 Å². The van der Waals surface area contributed by atoms with Gasteiger partial charge in [-0.1, -0.05) is 12.1 Å². The molecule has 0 saturated carbocycles. The summed E-state index contributed by atoms with van der Waals surface area (Å²) in [6.07, 6.45) is 1.53. The van der Waals surface area contributed by atoms with Gasteiger partial charge in [-0.3, -0.25) is 0 Å². The molecular formula is C16H12N4O2S. The molecule has 114 valence electrons. The van der Waals surface area contributed by atoms with Crippen LogP contribution in [-0.2, 0) is 4.74 Å². The summed E-state index contributed by atoms with van der Waals surface area (Å²) in [5, 5.41) is 11.1. The van der Waals surface area contributed by atoms with Crippen molar-refractivity contribution < 1.29 is 9.53 Å². The summed E-state index contributed by atoms with van der Waals surface area (Å²) in [6.45, 7) is 0. The summed E-state index contributed by atoms with van der Waals surface area (Å²) < 4.78 is 6.32. The van der Waals surface area contributed by atoms with Gasteiger partial charge in [0.1, 0.15) is 6.07 Å². The molecule has 0 bridgehead atoms. The van der Waals surface area contributed by atoms with Crippen molar-refractivity contribution in [1.29, 1.82) is 5.26 Å². The first-order valence-corrected chi connectivity index (χ1v) is 7.58. The number of rotatable bonds is 3. The van der Waals surface area contributed by atoms with Crippen LogP contribution in [0.3, 0.4) is 0 Å². The van der Waals surface area contributed by atoms with Crippen molar-refractivity contribution >= 4 is 23.0 Å². The van der Waals surface area contributed by atoms with E-state index in [0.717, 1.165) is 11.3 Å². The maximum Gasteiger partial charge on any atom is 0.357 e. The van der Waals surface area contributed by atoms with Crippen LogP contribution in [0, 0.1) is 11.3 Å². The number of esters is 1. The predicted molar refractivity (Wildman–Crippen MR) is 87.3 cm³/mol. The van der Waals surface area contributed by atoms with Crippen LogP contribution >= 0.6 is 11.3 Å². The zero-order chi connectivity index (χ0) is 16.4. The van der Waals surface area contributed by atoms with E-state index in [-0.39, 0.29) is 16.9 Å². The van der Waals surface area contributed by atoms with Crippen LogP contribution in [0.1, 0.15) is 16.1 Å². The molecule has 23 heavy (non-hydrogen) atoms. The van der Waals surface area contributed by atoms with E-state index in [1.165, 1.54) is 24.6 Å². The van der Waals surface area contributed by atoms with Gasteiger partial charge in [0, 0.05) is 22.8 Å². The van der Waals surface area contributed by atoms with Crippen molar-refractivity contribution in [2.45, 2.75) is 0 Å². The number of nitrogen functional groups attached to an aromatic ring is 1. The highest BCUT2D eigenvalue weighted by atomic mass is 32.1. The van der Waals surface area contributed by atoms with Gasteiger partial charge in [-0.05, 0) is 12.1 Å². The zero-order valence-electron chi connectivity index (χ0n) is 12.2. The Bertz CT molecular complexity index is 890. The molecule has 0 aliphatic rings. The lowest BCUT2D eigenvalue weighted by atomic mass is 10.1. The van der Waals surface area contributed by atoms with Gasteiger partial charge in [0.05, 0.1) is 29.6 Å². The highest BCUT2D eigenvalue weighted by Gasteiger charge is 2.21. The van der Waals surface area contributed by atoms with E-state index in [9.17, 15) is 4.79 Å². The Morgan fingerprint density at radius 3 is 2.70 bits per heavy atom. The molecule has 2 N–H and O–H groups in total. The fourth-order valence-electron chi connectivity index (χ4n) is 2.27. The maximum atomic E-state index is 12.0. The van der Waals surface area contributed by atoms with Gasteiger partial charge in [0.15, 0.2) is 5.69 Å². The molecule has 0 atom stereocenters. The van der Waals surface area contributed by atoms with Gasteiger partial charge < -0.3 is 15.0 Å². The second-order valence-corrected chi connectivity index (χ2v) is 5.42. The average molecular weight is 324 g/mol. The lowest BCUT2D eigenvalue weighted by Gasteiger charge is -2.09. The summed E-state index contributed by atoms with van der Waals surface area (Å²) in [7, 11) is 1.27. The molecule has 0 fully saturated rings. The van der Waals surface area contributed by atoms with E-state index in [0.29, 0.717) is 5.69 Å². The SMILES string of the molecule is COC(=O)c1c(N)c(C#N)cn1-c1ccc(-c2cscn2)cc1. The van der Waals surface area contributed by atoms with Crippen LogP contribution in [0.25, 0.3) is 16.9 Å². The minimum atomic E-state index is -0.590. The van der Waals surface area contributed by atoms with E-state index >= 15 is 0 Å². The molecule has 0 radical (unpaired) electrons. The third-order valence-electron chi connectivity index (χ3n) is 3.42. The van der Waals surface area contributed by atoms with Gasteiger partial charge in [0.2, 0.25) is 0 Å². The Labute approximate surface area is 136 Å². The third kappa shape index (κ3) is 2.56. The Morgan fingerprint density at radius 2 is 2.13 bits per heavy atom. The number of anilines is 1. The van der Waals surface area contributed by atoms with Crippen LogP contribution < -0.4 is 5.73 Å². The van der Waals surface area contributed by atoms with Crippen LogP contribution in [0.15, 0.2) is 41.4 Å². The lowest BCUT2D eigenvalue weighted by Crippen LogP contribution is -2.11. The third-order valence-corrected chi connectivity index (χ3v) is 4.00. The summed E-state index contributed by atoms with van der Waals surface area (Å²) in [5.41, 5.74) is 10.7. The molecule has 0 aliphatic carbocycles. The summed E-state index contributed by atoms with van der Waals surface area (Å²) in [6, 6.07) is 9.44. The normalized spacial score (nSPS) is 10.3. The van der Waals surface area contributed by atoms with Crippen molar-refractivity contribution in [2.24, 2.45) is 0 Å². The van der Waals surface area contributed by atoms with Crippen molar-refractivity contribution in [2.75, 3.05) is 12.8 Å². The number of nitriles is 1.